The van der Waals surface area contributed by atoms with Gasteiger partial charge >= 0.3 is 5.91 Å². The number of hydroxylamine groups is 2. The first-order valence-corrected chi connectivity index (χ1v) is 16.1. The number of pyridine rings is 1. The third-order valence-corrected chi connectivity index (χ3v) is 7.83. The van der Waals surface area contributed by atoms with Gasteiger partial charge in [0, 0.05) is 38.9 Å². The zero-order chi connectivity index (χ0) is 29.7. The normalized spacial score (nSPS) is 14.9. The van der Waals surface area contributed by atoms with Crippen LogP contribution in [0.1, 0.15) is 121 Å². The summed E-state index contributed by atoms with van der Waals surface area (Å²) in [6.07, 6.45) is 18.6. The summed E-state index contributed by atoms with van der Waals surface area (Å²) in [6.45, 7) is 10.1. The number of hydrogen-bond donors (Lipinski definition) is 1. The van der Waals surface area contributed by atoms with Gasteiger partial charge in [-0.15, -0.1) is 10.1 Å². The zero-order valence-corrected chi connectivity index (χ0v) is 25.7. The fraction of sp³-hybridized carbons (Fsp3) is 0.806. The predicted octanol–water partition coefficient (Wildman–Crippen LogP) is 5.44. The molecular weight excluding hydrogens is 522 g/mol. The van der Waals surface area contributed by atoms with Crippen molar-refractivity contribution in [2.24, 2.45) is 5.92 Å². The number of quaternary nitrogens is 1. The first kappa shape index (κ1) is 34.9. The fourth-order valence-corrected chi connectivity index (χ4v) is 5.48. The van der Waals surface area contributed by atoms with Gasteiger partial charge in [0.05, 0.1) is 18.7 Å². The molecule has 1 N–H and O–H groups in total. The maximum absolute atomic E-state index is 12.6. The van der Waals surface area contributed by atoms with Gasteiger partial charge in [-0.3, -0.25) is 4.90 Å². The molecule has 0 aromatic carbocycles. The molecule has 1 aliphatic heterocycles. The Morgan fingerprint density at radius 1 is 0.878 bits per heavy atom. The van der Waals surface area contributed by atoms with Gasteiger partial charge in [-0.1, -0.05) is 90.9 Å². The molecule has 1 saturated heterocycles. The molecule has 1 fully saturated rings. The molecule has 2 rings (SSSR count). The summed E-state index contributed by atoms with van der Waals surface area (Å²) >= 11 is 0. The predicted molar refractivity (Wildman–Crippen MR) is 163 cm³/mol. The molecule has 10 heteroatoms. The van der Waals surface area contributed by atoms with E-state index in [4.69, 9.17) is 0 Å². The van der Waals surface area contributed by atoms with E-state index in [-0.39, 0.29) is 11.7 Å². The molecule has 234 valence electrons. The smallest absolute Gasteiger partial charge is 0.345 e. The number of nitrogens with zero attached hydrogens (tertiary/aromatic N) is 4. The monoisotopic (exact) mass is 577 g/mol. The van der Waals surface area contributed by atoms with Crippen LogP contribution in [0, 0.1) is 21.2 Å². The molecule has 0 saturated carbocycles. The lowest BCUT2D eigenvalue weighted by Gasteiger charge is -2.36. The van der Waals surface area contributed by atoms with Crippen LogP contribution in [-0.4, -0.2) is 66.8 Å². The highest BCUT2D eigenvalue weighted by Gasteiger charge is 2.20. The van der Waals surface area contributed by atoms with Gasteiger partial charge in [0.1, 0.15) is 5.82 Å². The van der Waals surface area contributed by atoms with Crippen LogP contribution in [0.5, 0.6) is 0 Å². The van der Waals surface area contributed by atoms with Crippen LogP contribution in [-0.2, 0) is 4.84 Å². The Hall–Kier alpha value is -2.30. The number of nitrogens with one attached hydrogen (secondary N) is 1. The zero-order valence-electron chi connectivity index (χ0n) is 25.7. The number of rotatable bonds is 23. The molecule has 1 unspecified atom stereocenters. The summed E-state index contributed by atoms with van der Waals surface area (Å²) in [5.74, 6) is 1.14. The van der Waals surface area contributed by atoms with Gasteiger partial charge in [0.15, 0.2) is 0 Å². The lowest BCUT2D eigenvalue weighted by molar-refractivity contribution is -0.757. The average molecular weight is 578 g/mol. The lowest BCUT2D eigenvalue weighted by atomic mass is 10.0. The minimum atomic E-state index is -0.720. The highest BCUT2D eigenvalue weighted by atomic mass is 16.9. The van der Waals surface area contributed by atoms with E-state index in [2.05, 4.69) is 33.5 Å². The van der Waals surface area contributed by atoms with E-state index in [0.29, 0.717) is 18.0 Å². The lowest BCUT2D eigenvalue weighted by Crippen LogP contribution is -3.10. The van der Waals surface area contributed by atoms with Crippen molar-refractivity contribution in [1.29, 1.82) is 0 Å². The summed E-state index contributed by atoms with van der Waals surface area (Å²) < 4.78 is 0. The van der Waals surface area contributed by atoms with E-state index < -0.39 is 11.0 Å². The van der Waals surface area contributed by atoms with E-state index in [1.165, 1.54) is 57.8 Å². The van der Waals surface area contributed by atoms with Crippen molar-refractivity contribution in [1.82, 2.24) is 9.88 Å². The van der Waals surface area contributed by atoms with Gasteiger partial charge in [0.25, 0.3) is 5.09 Å². The van der Waals surface area contributed by atoms with Gasteiger partial charge in [-0.25, -0.2) is 9.78 Å². The Morgan fingerprint density at radius 2 is 1.39 bits per heavy atom. The second kappa shape index (κ2) is 21.4. The van der Waals surface area contributed by atoms with Crippen molar-refractivity contribution < 1.29 is 19.8 Å². The van der Waals surface area contributed by atoms with E-state index >= 15 is 0 Å². The largest absolute Gasteiger partial charge is 0.626 e. The van der Waals surface area contributed by atoms with Gasteiger partial charge in [0.2, 0.25) is 0 Å². The van der Waals surface area contributed by atoms with Crippen molar-refractivity contribution in [2.45, 2.75) is 110 Å². The van der Waals surface area contributed by atoms with E-state index in [1.807, 2.05) is 6.07 Å². The molecule has 0 bridgehead atoms. The number of unbranched alkanes of at least 4 members (excludes halogenated alkanes) is 14. The number of carbonyl (C=O) groups excluding carboxylic acids is 1. The van der Waals surface area contributed by atoms with Crippen LogP contribution < -0.4 is 9.96 Å². The van der Waals surface area contributed by atoms with Crippen molar-refractivity contribution in [3.8, 4) is 0 Å². The van der Waals surface area contributed by atoms with Crippen molar-refractivity contribution in [3.05, 3.63) is 39.2 Å². The van der Waals surface area contributed by atoms with Gasteiger partial charge in [-0.2, -0.15) is 0 Å². The summed E-state index contributed by atoms with van der Waals surface area (Å²) in [4.78, 5) is 36.2. The molecule has 2 heterocycles. The Bertz CT molecular complexity index is 831. The first-order chi connectivity index (χ1) is 19.9. The second-order valence-electron chi connectivity index (χ2n) is 11.9. The summed E-state index contributed by atoms with van der Waals surface area (Å²) in [5.41, 5.74) is 0.400. The van der Waals surface area contributed by atoms with E-state index in [0.717, 1.165) is 77.1 Å². The molecule has 1 atom stereocenters. The number of piperazine rings is 1. The topological polar surface area (TPSA) is 116 Å². The van der Waals surface area contributed by atoms with Crippen molar-refractivity contribution in [2.75, 3.05) is 50.8 Å². The highest BCUT2D eigenvalue weighted by molar-refractivity contribution is 5.87. The van der Waals surface area contributed by atoms with Crippen LogP contribution in [0.3, 0.4) is 0 Å². The number of aromatic nitrogens is 1. The molecule has 0 spiro atoms. The Labute approximate surface area is 247 Å². The second-order valence-corrected chi connectivity index (χ2v) is 11.9. The van der Waals surface area contributed by atoms with E-state index in [1.54, 1.807) is 12.3 Å². The van der Waals surface area contributed by atoms with Gasteiger partial charge < -0.3 is 20.0 Å². The van der Waals surface area contributed by atoms with Crippen LogP contribution in [0.25, 0.3) is 0 Å². The quantitative estimate of drug-likeness (QED) is 0.104. The third-order valence-electron chi connectivity index (χ3n) is 7.83. The molecule has 1 aliphatic rings. The summed E-state index contributed by atoms with van der Waals surface area (Å²) in [7, 11) is 0. The van der Waals surface area contributed by atoms with Crippen LogP contribution in [0.2, 0.25) is 0 Å². The van der Waals surface area contributed by atoms with E-state index in [9.17, 15) is 20.1 Å². The Kier molecular flexibility index (Phi) is 18.2. The Balaban J connectivity index is 1.42. The highest BCUT2D eigenvalue weighted by Crippen LogP contribution is 2.15. The third kappa shape index (κ3) is 16.1. The number of hydrogen-bond acceptors (Lipinski definition) is 8. The molecular formula is C31H55N5O5. The minimum Gasteiger partial charge on any atom is -0.626 e. The van der Waals surface area contributed by atoms with Crippen LogP contribution in [0.15, 0.2) is 18.3 Å². The maximum atomic E-state index is 12.6. The number of amides is 1. The SMILES string of the molecule is CC(C)CN1CCN(c2ccc(C(=O)[NH+]([O-])CCCCCCCCCCCCCCCCCO[N+](=O)[O-])cn2)CC1. The first-order valence-electron chi connectivity index (χ1n) is 16.1. The van der Waals surface area contributed by atoms with Crippen LogP contribution in [0.4, 0.5) is 5.82 Å². The molecule has 1 aromatic heterocycles. The average Bonchev–Trinajstić information content (AvgIpc) is 2.96. The number of carbonyl (C=O) groups is 1. The fourth-order valence-electron chi connectivity index (χ4n) is 5.48. The minimum absolute atomic E-state index is 0.217. The Morgan fingerprint density at radius 3 is 1.85 bits per heavy atom. The van der Waals surface area contributed by atoms with Crippen molar-refractivity contribution >= 4 is 11.7 Å². The molecule has 0 aliphatic carbocycles. The van der Waals surface area contributed by atoms with Crippen LogP contribution >= 0.6 is 0 Å². The molecule has 1 amide bonds. The van der Waals surface area contributed by atoms with Gasteiger partial charge in [-0.05, 0) is 37.3 Å². The van der Waals surface area contributed by atoms with Crippen molar-refractivity contribution in [3.63, 3.8) is 0 Å². The number of anilines is 1. The standard InChI is InChI=1S/C31H55N5O5/c1-28(2)27-33-21-23-34(24-22-33)30-19-18-29(26-32-30)31(37)35(38)20-16-14-12-10-8-6-4-3-5-7-9-11-13-15-17-25-41-36(39)40/h18-19,26,28,35H,3-17,20-25,27H2,1-2H3. The summed E-state index contributed by atoms with van der Waals surface area (Å²) in [6, 6.07) is 3.63. The summed E-state index contributed by atoms with van der Waals surface area (Å²) in [5, 5.41) is 21.5. The molecule has 0 radical (unpaired) electrons. The molecule has 10 nitrogen and oxygen atoms in total. The molecule has 1 aromatic rings. The maximum Gasteiger partial charge on any atom is 0.345 e. The molecule has 41 heavy (non-hydrogen) atoms.